The Morgan fingerprint density at radius 1 is 0.929 bits per heavy atom. The van der Waals surface area contributed by atoms with Crippen LogP contribution in [0.4, 0.5) is 5.13 Å². The third kappa shape index (κ3) is 6.30. The van der Waals surface area contributed by atoms with Gasteiger partial charge in [-0.15, -0.1) is 0 Å². The molecule has 42 heavy (non-hydrogen) atoms. The van der Waals surface area contributed by atoms with Gasteiger partial charge in [-0.25, -0.2) is 4.98 Å². The molecule has 7 nitrogen and oxygen atoms in total. The summed E-state index contributed by atoms with van der Waals surface area (Å²) in [6.45, 7) is 5.37. The van der Waals surface area contributed by atoms with Crippen LogP contribution in [0.15, 0.2) is 72.3 Å². The van der Waals surface area contributed by atoms with Crippen molar-refractivity contribution in [1.82, 2.24) is 4.98 Å². The van der Waals surface area contributed by atoms with Crippen LogP contribution in [0.5, 0.6) is 11.5 Å². The van der Waals surface area contributed by atoms with E-state index in [1.165, 1.54) is 16.2 Å². The standard InChI is InChI=1S/C33H33ClN2O5S/c1-3-5-7-18-40-24-14-11-21(12-15-24)29-28(30(37)22-9-8-10-25(19-22)41-17-6-4-2)31(38)32(39)36(29)33-35-26-16-13-23(34)20-27(26)42-33/h8-16,19-20,29,37H,3-7,17-18H2,1-2H3. The monoisotopic (exact) mass is 604 g/mol. The summed E-state index contributed by atoms with van der Waals surface area (Å²) < 4.78 is 12.5. The number of fused-ring (bicyclic) bond motifs is 1. The fourth-order valence-electron chi connectivity index (χ4n) is 4.85. The van der Waals surface area contributed by atoms with Crippen LogP contribution in [-0.4, -0.2) is 35.0 Å². The molecule has 5 rings (SSSR count). The summed E-state index contributed by atoms with van der Waals surface area (Å²) in [6.07, 6.45) is 5.04. The molecule has 2 heterocycles. The third-order valence-corrected chi connectivity index (χ3v) is 8.33. The van der Waals surface area contributed by atoms with Crippen LogP contribution in [-0.2, 0) is 9.59 Å². The van der Waals surface area contributed by atoms with Gasteiger partial charge < -0.3 is 14.6 Å². The molecule has 1 unspecified atom stereocenters. The van der Waals surface area contributed by atoms with E-state index < -0.39 is 17.7 Å². The van der Waals surface area contributed by atoms with Gasteiger partial charge in [0.15, 0.2) is 5.13 Å². The summed E-state index contributed by atoms with van der Waals surface area (Å²) in [5, 5.41) is 12.5. The zero-order chi connectivity index (χ0) is 29.6. The van der Waals surface area contributed by atoms with E-state index >= 15 is 0 Å². The molecule has 1 amide bonds. The van der Waals surface area contributed by atoms with Crippen molar-refractivity contribution in [3.8, 4) is 11.5 Å². The number of amides is 1. The molecule has 0 aliphatic carbocycles. The van der Waals surface area contributed by atoms with Gasteiger partial charge in [0.05, 0.1) is 35.0 Å². The summed E-state index contributed by atoms with van der Waals surface area (Å²) in [5.41, 5.74) is 1.68. The Morgan fingerprint density at radius 2 is 1.67 bits per heavy atom. The second-order valence-electron chi connectivity index (χ2n) is 10.1. The topological polar surface area (TPSA) is 89.0 Å². The van der Waals surface area contributed by atoms with Crippen molar-refractivity contribution >= 4 is 55.7 Å². The van der Waals surface area contributed by atoms with E-state index in [9.17, 15) is 14.7 Å². The van der Waals surface area contributed by atoms with E-state index in [1.807, 2.05) is 24.3 Å². The molecule has 1 N–H and O–H groups in total. The molecule has 4 aromatic rings. The number of hydrogen-bond acceptors (Lipinski definition) is 7. The Hall–Kier alpha value is -3.88. The van der Waals surface area contributed by atoms with Gasteiger partial charge in [-0.1, -0.05) is 80.3 Å². The normalized spacial score (nSPS) is 16.4. The number of benzene rings is 3. The molecule has 1 atom stereocenters. The molecule has 1 fully saturated rings. The van der Waals surface area contributed by atoms with E-state index in [0.29, 0.717) is 51.5 Å². The minimum absolute atomic E-state index is 0.0142. The maximum absolute atomic E-state index is 13.6. The SMILES string of the molecule is CCCCCOc1ccc(C2C(=C(O)c3cccc(OCCCC)c3)C(=O)C(=O)N2c2nc3ccc(Cl)cc3s2)cc1. The number of aliphatic hydroxyl groups excluding tert-OH is 1. The number of aliphatic hydroxyl groups is 1. The second-order valence-corrected chi connectivity index (χ2v) is 11.6. The predicted octanol–water partition coefficient (Wildman–Crippen LogP) is 8.32. The van der Waals surface area contributed by atoms with Gasteiger partial charge in [-0.2, -0.15) is 0 Å². The number of hydrogen-bond donors (Lipinski definition) is 1. The molecule has 1 aromatic heterocycles. The number of aromatic nitrogens is 1. The summed E-state index contributed by atoms with van der Waals surface area (Å²) in [4.78, 5) is 33.3. The van der Waals surface area contributed by atoms with Crippen LogP contribution >= 0.6 is 22.9 Å². The highest BCUT2D eigenvalue weighted by Gasteiger charge is 2.48. The van der Waals surface area contributed by atoms with Crippen molar-refractivity contribution in [2.45, 2.75) is 52.0 Å². The Bertz CT molecular complexity index is 1610. The number of ketones is 1. The van der Waals surface area contributed by atoms with Gasteiger partial charge in [-0.3, -0.25) is 14.5 Å². The van der Waals surface area contributed by atoms with Crippen LogP contribution < -0.4 is 14.4 Å². The quantitative estimate of drug-likeness (QED) is 0.0757. The first-order valence-electron chi connectivity index (χ1n) is 14.2. The van der Waals surface area contributed by atoms with E-state index in [0.717, 1.165) is 36.8 Å². The van der Waals surface area contributed by atoms with Crippen molar-refractivity contribution in [2.75, 3.05) is 18.1 Å². The lowest BCUT2D eigenvalue weighted by atomic mass is 9.95. The molecule has 1 aliphatic rings. The minimum Gasteiger partial charge on any atom is -0.507 e. The van der Waals surface area contributed by atoms with Gasteiger partial charge in [-0.05, 0) is 60.9 Å². The lowest BCUT2D eigenvalue weighted by Crippen LogP contribution is -2.29. The minimum atomic E-state index is -0.903. The Morgan fingerprint density at radius 3 is 2.43 bits per heavy atom. The molecule has 218 valence electrons. The van der Waals surface area contributed by atoms with Gasteiger partial charge in [0.1, 0.15) is 17.3 Å². The summed E-state index contributed by atoms with van der Waals surface area (Å²) in [5.74, 6) is -0.552. The first kappa shape index (κ1) is 29.6. The smallest absolute Gasteiger partial charge is 0.301 e. The largest absolute Gasteiger partial charge is 0.507 e. The number of nitrogens with zero attached hydrogens (tertiary/aromatic N) is 2. The molecule has 0 radical (unpaired) electrons. The maximum atomic E-state index is 13.6. The predicted molar refractivity (Wildman–Crippen MR) is 168 cm³/mol. The van der Waals surface area contributed by atoms with Crippen molar-refractivity contribution in [2.24, 2.45) is 0 Å². The van der Waals surface area contributed by atoms with Gasteiger partial charge in [0.25, 0.3) is 5.78 Å². The number of Topliss-reactive ketones (excluding diaryl/α,β-unsaturated/α-hetero) is 1. The van der Waals surface area contributed by atoms with E-state index in [2.05, 4.69) is 18.8 Å². The van der Waals surface area contributed by atoms with Crippen LogP contribution in [0.2, 0.25) is 5.02 Å². The van der Waals surface area contributed by atoms with Crippen LogP contribution in [0.1, 0.15) is 63.1 Å². The summed E-state index contributed by atoms with van der Waals surface area (Å²) >= 11 is 7.46. The number of rotatable bonds is 12. The molecular formula is C33H33ClN2O5S. The molecule has 3 aromatic carbocycles. The molecule has 1 aliphatic heterocycles. The lowest BCUT2D eigenvalue weighted by molar-refractivity contribution is -0.132. The summed E-state index contributed by atoms with van der Waals surface area (Å²) in [7, 11) is 0. The highest BCUT2D eigenvalue weighted by atomic mass is 35.5. The Labute approximate surface area is 254 Å². The van der Waals surface area contributed by atoms with Gasteiger partial charge in [0, 0.05) is 10.6 Å². The molecule has 9 heteroatoms. The van der Waals surface area contributed by atoms with E-state index in [-0.39, 0.29) is 11.3 Å². The zero-order valence-corrected chi connectivity index (χ0v) is 25.2. The van der Waals surface area contributed by atoms with Crippen molar-refractivity contribution in [3.05, 3.63) is 88.5 Å². The molecule has 0 bridgehead atoms. The average molecular weight is 605 g/mol. The second kappa shape index (κ2) is 13.4. The van der Waals surface area contributed by atoms with Crippen LogP contribution in [0, 0.1) is 0 Å². The number of anilines is 1. The number of carbonyl (C=O) groups is 2. The van der Waals surface area contributed by atoms with Crippen molar-refractivity contribution in [3.63, 3.8) is 0 Å². The molecule has 0 spiro atoms. The highest BCUT2D eigenvalue weighted by Crippen LogP contribution is 2.45. The molecule has 1 saturated heterocycles. The number of ether oxygens (including phenoxy) is 2. The Balaban J connectivity index is 1.57. The average Bonchev–Trinajstić information content (AvgIpc) is 3.53. The van der Waals surface area contributed by atoms with Crippen molar-refractivity contribution in [1.29, 1.82) is 0 Å². The van der Waals surface area contributed by atoms with Gasteiger partial charge >= 0.3 is 5.91 Å². The molecule has 0 saturated carbocycles. The van der Waals surface area contributed by atoms with Crippen LogP contribution in [0.25, 0.3) is 16.0 Å². The first-order valence-corrected chi connectivity index (χ1v) is 15.4. The zero-order valence-electron chi connectivity index (χ0n) is 23.6. The number of halogens is 1. The van der Waals surface area contributed by atoms with Gasteiger partial charge in [0.2, 0.25) is 0 Å². The summed E-state index contributed by atoms with van der Waals surface area (Å²) in [6, 6.07) is 18.6. The van der Waals surface area contributed by atoms with Crippen LogP contribution in [0.3, 0.4) is 0 Å². The number of carbonyl (C=O) groups excluding carboxylic acids is 2. The number of unbranched alkanes of at least 4 members (excludes halogenated alkanes) is 3. The maximum Gasteiger partial charge on any atom is 0.301 e. The Kier molecular flexibility index (Phi) is 9.45. The fourth-order valence-corrected chi connectivity index (χ4v) is 6.11. The molecular weight excluding hydrogens is 572 g/mol. The van der Waals surface area contributed by atoms with Crippen molar-refractivity contribution < 1.29 is 24.2 Å². The first-order chi connectivity index (χ1) is 20.4. The van der Waals surface area contributed by atoms with E-state index in [4.69, 9.17) is 21.1 Å². The number of thiazole rings is 1. The lowest BCUT2D eigenvalue weighted by Gasteiger charge is -2.23. The van der Waals surface area contributed by atoms with E-state index in [1.54, 1.807) is 42.5 Å². The third-order valence-electron chi connectivity index (χ3n) is 7.08. The fraction of sp³-hybridized carbons (Fsp3) is 0.303. The highest BCUT2D eigenvalue weighted by molar-refractivity contribution is 7.22.